The topological polar surface area (TPSA) is 93.1 Å². The fraction of sp³-hybridized carbons (Fsp3) is 0.125. The van der Waals surface area contributed by atoms with Gasteiger partial charge >= 0.3 is 0 Å². The lowest BCUT2D eigenvalue weighted by Gasteiger charge is -2.12. The summed E-state index contributed by atoms with van der Waals surface area (Å²) in [6.07, 6.45) is 0. The molecule has 0 aliphatic rings. The Labute approximate surface area is 176 Å². The first kappa shape index (κ1) is 20.8. The Bertz CT molecular complexity index is 1050. The monoisotopic (exact) mass is 400 g/mol. The second-order valence-corrected chi connectivity index (χ2v) is 6.54. The van der Waals surface area contributed by atoms with E-state index in [1.54, 1.807) is 20.3 Å². The van der Waals surface area contributed by atoms with Crippen molar-refractivity contribution in [2.75, 3.05) is 14.2 Å². The number of hydrogen-bond donors (Lipinski definition) is 2. The molecule has 0 radical (unpaired) electrons. The molecule has 0 aliphatic heterocycles. The van der Waals surface area contributed by atoms with Crippen molar-refractivity contribution in [1.82, 2.24) is 0 Å². The van der Waals surface area contributed by atoms with E-state index >= 15 is 0 Å². The lowest BCUT2D eigenvalue weighted by atomic mass is 10.0. The maximum Gasteiger partial charge on any atom is 0.244 e. The van der Waals surface area contributed by atoms with Gasteiger partial charge in [-0.25, -0.2) is 4.99 Å². The molecule has 3 rings (SSSR count). The van der Waals surface area contributed by atoms with E-state index in [0.29, 0.717) is 22.8 Å². The quantitative estimate of drug-likeness (QED) is 0.497. The van der Waals surface area contributed by atoms with Crippen LogP contribution in [0.15, 0.2) is 82.8 Å². The third-order valence-electron chi connectivity index (χ3n) is 4.53. The fourth-order valence-electron chi connectivity index (χ4n) is 3.04. The molecule has 6 heteroatoms. The van der Waals surface area contributed by atoms with Gasteiger partial charge < -0.3 is 15.2 Å². The molecule has 0 aromatic heterocycles. The van der Waals surface area contributed by atoms with Gasteiger partial charge in [0.15, 0.2) is 0 Å². The van der Waals surface area contributed by atoms with E-state index in [9.17, 15) is 0 Å². The second-order valence-electron chi connectivity index (χ2n) is 6.54. The number of rotatable bonds is 5. The van der Waals surface area contributed by atoms with Crippen LogP contribution in [0.25, 0.3) is 0 Å². The Kier molecular flexibility index (Phi) is 6.60. The number of nitrogens with one attached hydrogen (secondary N) is 1. The summed E-state index contributed by atoms with van der Waals surface area (Å²) >= 11 is 0. The van der Waals surface area contributed by atoms with Gasteiger partial charge in [0.25, 0.3) is 0 Å². The molecular weight excluding hydrogens is 376 g/mol. The van der Waals surface area contributed by atoms with Crippen molar-refractivity contribution in [2.24, 2.45) is 15.7 Å². The number of ether oxygens (including phenoxy) is 2. The third-order valence-corrected chi connectivity index (χ3v) is 4.53. The van der Waals surface area contributed by atoms with Crippen molar-refractivity contribution >= 4 is 17.5 Å². The summed E-state index contributed by atoms with van der Waals surface area (Å²) in [6, 6.07) is 22.9. The zero-order valence-corrected chi connectivity index (χ0v) is 17.2. The smallest absolute Gasteiger partial charge is 0.244 e. The highest BCUT2D eigenvalue weighted by atomic mass is 16.5. The van der Waals surface area contributed by atoms with Gasteiger partial charge in [0.1, 0.15) is 17.3 Å². The highest BCUT2D eigenvalue weighted by Gasteiger charge is 2.13. The highest BCUT2D eigenvalue weighted by Crippen LogP contribution is 2.28. The predicted molar refractivity (Wildman–Crippen MR) is 121 cm³/mol. The summed E-state index contributed by atoms with van der Waals surface area (Å²) < 4.78 is 10.8. The summed E-state index contributed by atoms with van der Waals surface area (Å²) in [4.78, 5) is 8.66. The Morgan fingerprint density at radius 1 is 0.800 bits per heavy atom. The number of guanidine groups is 1. The number of aryl methyl sites for hydroxylation is 1. The Morgan fingerprint density at radius 2 is 1.33 bits per heavy atom. The van der Waals surface area contributed by atoms with E-state index in [0.717, 1.165) is 16.7 Å². The molecule has 0 fully saturated rings. The van der Waals surface area contributed by atoms with Crippen LogP contribution in [0, 0.1) is 12.3 Å². The maximum atomic E-state index is 8.34. The van der Waals surface area contributed by atoms with Crippen LogP contribution in [0.5, 0.6) is 11.5 Å². The molecular formula is C24H24N4O2. The minimum absolute atomic E-state index is 0.124. The van der Waals surface area contributed by atoms with Gasteiger partial charge in [0.05, 0.1) is 25.5 Å². The molecule has 30 heavy (non-hydrogen) atoms. The normalized spacial score (nSPS) is 11.0. The van der Waals surface area contributed by atoms with E-state index in [4.69, 9.17) is 20.6 Å². The molecule has 3 N–H and O–H groups in total. The average Bonchev–Trinajstić information content (AvgIpc) is 2.78. The molecule has 0 saturated heterocycles. The lowest BCUT2D eigenvalue weighted by molar-refractivity contribution is 0.400. The van der Waals surface area contributed by atoms with Crippen molar-refractivity contribution < 1.29 is 9.47 Å². The number of nitrogens with two attached hydrogens (primary N) is 1. The van der Waals surface area contributed by atoms with Gasteiger partial charge in [0.2, 0.25) is 5.96 Å². The van der Waals surface area contributed by atoms with E-state index < -0.39 is 0 Å². The third kappa shape index (κ3) is 4.72. The van der Waals surface area contributed by atoms with Crippen LogP contribution in [0.1, 0.15) is 22.3 Å². The number of aliphatic imine (C=N–C) groups is 2. The molecule has 0 atom stereocenters. The zero-order valence-electron chi connectivity index (χ0n) is 17.2. The van der Waals surface area contributed by atoms with Gasteiger partial charge in [-0.05, 0) is 24.6 Å². The summed E-state index contributed by atoms with van der Waals surface area (Å²) in [5.41, 5.74) is 10.1. The molecule has 0 heterocycles. The summed E-state index contributed by atoms with van der Waals surface area (Å²) in [6.45, 7) is 1.91. The minimum Gasteiger partial charge on any atom is -0.496 e. The summed E-state index contributed by atoms with van der Waals surface area (Å²) in [5, 5.41) is 8.34. The number of amidine groups is 1. The fourth-order valence-corrected chi connectivity index (χ4v) is 3.04. The van der Waals surface area contributed by atoms with Crippen molar-refractivity contribution in [3.8, 4) is 11.5 Å². The molecule has 0 bridgehead atoms. The molecule has 3 aromatic carbocycles. The number of benzene rings is 3. The molecule has 0 aliphatic carbocycles. The number of hydrogen-bond acceptors (Lipinski definition) is 3. The molecule has 0 spiro atoms. The van der Waals surface area contributed by atoms with E-state index in [1.165, 1.54) is 0 Å². The first-order chi connectivity index (χ1) is 14.5. The Hall–Kier alpha value is -3.93. The predicted octanol–water partition coefficient (Wildman–Crippen LogP) is 4.19. The first-order valence-electron chi connectivity index (χ1n) is 9.38. The zero-order chi connectivity index (χ0) is 21.5. The van der Waals surface area contributed by atoms with Crippen molar-refractivity contribution in [3.05, 3.63) is 95.1 Å². The summed E-state index contributed by atoms with van der Waals surface area (Å²) in [7, 11) is 3.15. The second kappa shape index (κ2) is 9.52. The lowest BCUT2D eigenvalue weighted by Crippen LogP contribution is -2.17. The SMILES string of the molecule is COc1cc(/C(N)=N/C(=N)N=C(c2ccccc2)c2ccccc2)c(OC)cc1C. The van der Waals surface area contributed by atoms with E-state index in [1.807, 2.05) is 73.7 Å². The maximum absolute atomic E-state index is 8.34. The molecule has 0 saturated carbocycles. The van der Waals surface area contributed by atoms with Gasteiger partial charge in [-0.1, -0.05) is 60.7 Å². The highest BCUT2D eigenvalue weighted by molar-refractivity contribution is 6.18. The number of methoxy groups -OCH3 is 2. The van der Waals surface area contributed by atoms with Crippen molar-refractivity contribution in [1.29, 1.82) is 5.41 Å². The van der Waals surface area contributed by atoms with Gasteiger partial charge in [0, 0.05) is 11.1 Å². The molecule has 6 nitrogen and oxygen atoms in total. The number of nitrogens with zero attached hydrogens (tertiary/aromatic N) is 2. The summed E-state index contributed by atoms with van der Waals surface area (Å²) in [5.74, 6) is 1.13. The van der Waals surface area contributed by atoms with E-state index in [-0.39, 0.29) is 11.8 Å². The molecule has 0 unspecified atom stereocenters. The van der Waals surface area contributed by atoms with Crippen LogP contribution in [0.3, 0.4) is 0 Å². The van der Waals surface area contributed by atoms with Gasteiger partial charge in [-0.15, -0.1) is 0 Å². The van der Waals surface area contributed by atoms with Crippen LogP contribution >= 0.6 is 0 Å². The van der Waals surface area contributed by atoms with Gasteiger partial charge in [-0.3, -0.25) is 5.41 Å². The van der Waals surface area contributed by atoms with Crippen molar-refractivity contribution in [3.63, 3.8) is 0 Å². The minimum atomic E-state index is -0.211. The Morgan fingerprint density at radius 3 is 1.83 bits per heavy atom. The van der Waals surface area contributed by atoms with Crippen LogP contribution in [-0.2, 0) is 0 Å². The Balaban J connectivity index is 2.02. The molecule has 0 amide bonds. The van der Waals surface area contributed by atoms with Crippen LogP contribution in [0.2, 0.25) is 0 Å². The van der Waals surface area contributed by atoms with E-state index in [2.05, 4.69) is 9.98 Å². The standard InChI is InChI=1S/C24H24N4O2/c1-16-14-21(30-3)19(15-20(16)29-2)23(25)28-24(26)27-22(17-10-6-4-7-11-17)18-12-8-5-9-13-18/h4-15H,1-3H3,(H3,25,26,28). The van der Waals surface area contributed by atoms with Crippen LogP contribution in [0.4, 0.5) is 0 Å². The van der Waals surface area contributed by atoms with Crippen LogP contribution < -0.4 is 15.2 Å². The molecule has 152 valence electrons. The first-order valence-corrected chi connectivity index (χ1v) is 9.38. The van der Waals surface area contributed by atoms with Crippen molar-refractivity contribution in [2.45, 2.75) is 6.92 Å². The molecule has 3 aromatic rings. The van der Waals surface area contributed by atoms with Gasteiger partial charge in [-0.2, -0.15) is 4.99 Å². The largest absolute Gasteiger partial charge is 0.496 e. The average molecular weight is 400 g/mol. The van der Waals surface area contributed by atoms with Crippen LogP contribution in [-0.4, -0.2) is 31.7 Å².